The van der Waals surface area contributed by atoms with Crippen molar-refractivity contribution in [2.45, 2.75) is 24.8 Å². The summed E-state index contributed by atoms with van der Waals surface area (Å²) in [6.45, 7) is 4.55. The molecule has 7 nitrogen and oxygen atoms in total. The number of likely N-dealkylation sites (N-methyl/N-ethyl adjacent to an activating group) is 1. The lowest BCUT2D eigenvalue weighted by atomic mass is 10.0. The topological polar surface area (TPSA) is 92.8 Å². The smallest absolute Gasteiger partial charge is 0.341 e. The molecule has 0 saturated carbocycles. The molecule has 1 aliphatic rings. The number of thiophene rings is 1. The number of nitrogens with zero attached hydrogens (tertiary/aromatic N) is 1. The molecule has 0 atom stereocenters. The van der Waals surface area contributed by atoms with Crippen LogP contribution in [-0.2, 0) is 27.5 Å². The normalized spacial score (nSPS) is 14.4. The largest absolute Gasteiger partial charge is 0.465 e. The maximum Gasteiger partial charge on any atom is 0.341 e. The summed E-state index contributed by atoms with van der Waals surface area (Å²) in [4.78, 5) is 28.5. The zero-order chi connectivity index (χ0) is 20.5. The highest BCUT2D eigenvalue weighted by atomic mass is 32.2. The van der Waals surface area contributed by atoms with Crippen molar-refractivity contribution in [3.63, 3.8) is 0 Å². The molecule has 1 aromatic heterocycles. The molecule has 2 heterocycles. The number of esters is 1. The minimum Gasteiger partial charge on any atom is -0.465 e. The quantitative estimate of drug-likeness (QED) is 0.745. The van der Waals surface area contributed by atoms with Gasteiger partial charge in [0.05, 0.1) is 17.6 Å². The number of benzene rings is 1. The number of sulfone groups is 1. The van der Waals surface area contributed by atoms with Crippen molar-refractivity contribution >= 4 is 38.1 Å². The number of methoxy groups -OCH3 is 1. The summed E-state index contributed by atoms with van der Waals surface area (Å²) in [5, 5.41) is 3.21. The van der Waals surface area contributed by atoms with Gasteiger partial charge in [0.1, 0.15) is 5.00 Å². The molecule has 0 saturated heterocycles. The van der Waals surface area contributed by atoms with Crippen LogP contribution in [0.25, 0.3) is 0 Å². The van der Waals surface area contributed by atoms with Gasteiger partial charge in [-0.2, -0.15) is 0 Å². The third-order valence-corrected chi connectivity index (χ3v) is 6.97. The predicted octanol–water partition coefficient (Wildman–Crippen LogP) is 2.57. The number of carbonyl (C=O) groups excluding carboxylic acids is 2. The van der Waals surface area contributed by atoms with E-state index < -0.39 is 21.7 Å². The minimum absolute atomic E-state index is 0.0670. The van der Waals surface area contributed by atoms with Crippen LogP contribution in [0.5, 0.6) is 0 Å². The zero-order valence-electron chi connectivity index (χ0n) is 15.9. The summed E-state index contributed by atoms with van der Waals surface area (Å²) in [6.07, 6.45) is 1.80. The van der Waals surface area contributed by atoms with Gasteiger partial charge in [0.15, 0.2) is 9.84 Å². The van der Waals surface area contributed by atoms with Crippen LogP contribution in [0.2, 0.25) is 0 Å². The van der Waals surface area contributed by atoms with E-state index in [4.69, 9.17) is 4.74 Å². The average molecular weight is 423 g/mol. The van der Waals surface area contributed by atoms with Crippen LogP contribution < -0.4 is 5.32 Å². The van der Waals surface area contributed by atoms with Crippen LogP contribution >= 0.6 is 11.3 Å². The lowest BCUT2D eigenvalue weighted by Gasteiger charge is -2.25. The lowest BCUT2D eigenvalue weighted by Crippen LogP contribution is -2.29. The number of fused-ring (bicyclic) bond motifs is 1. The van der Waals surface area contributed by atoms with E-state index in [1.54, 1.807) is 0 Å². The summed E-state index contributed by atoms with van der Waals surface area (Å²) < 4.78 is 28.4. The lowest BCUT2D eigenvalue weighted by molar-refractivity contribution is 0.0600. The number of amides is 1. The fourth-order valence-corrected chi connectivity index (χ4v) is 5.12. The molecule has 0 radical (unpaired) electrons. The van der Waals surface area contributed by atoms with Crippen LogP contribution in [0.1, 0.15) is 38.1 Å². The fourth-order valence-electron chi connectivity index (χ4n) is 3.18. The number of rotatable bonds is 5. The molecule has 0 unspecified atom stereocenters. The van der Waals surface area contributed by atoms with Gasteiger partial charge in [0, 0.05) is 29.8 Å². The number of ether oxygens (including phenoxy) is 1. The molecule has 0 bridgehead atoms. The van der Waals surface area contributed by atoms with E-state index in [9.17, 15) is 18.0 Å². The first-order valence-corrected chi connectivity index (χ1v) is 11.5. The van der Waals surface area contributed by atoms with Gasteiger partial charge in [-0.3, -0.25) is 9.69 Å². The van der Waals surface area contributed by atoms with Gasteiger partial charge in [-0.05, 0) is 36.7 Å². The molecule has 9 heteroatoms. The number of hydrogen-bond acceptors (Lipinski definition) is 7. The molecule has 1 aromatic carbocycles. The van der Waals surface area contributed by atoms with Crippen LogP contribution in [0.4, 0.5) is 5.00 Å². The molecular weight excluding hydrogens is 400 g/mol. The van der Waals surface area contributed by atoms with E-state index in [0.717, 1.165) is 36.3 Å². The summed E-state index contributed by atoms with van der Waals surface area (Å²) in [5.74, 6) is -0.954. The van der Waals surface area contributed by atoms with Gasteiger partial charge >= 0.3 is 5.97 Å². The van der Waals surface area contributed by atoms with Crippen LogP contribution in [-0.4, -0.2) is 51.6 Å². The fraction of sp³-hybridized carbons (Fsp3) is 0.368. The van der Waals surface area contributed by atoms with E-state index >= 15 is 0 Å². The van der Waals surface area contributed by atoms with Gasteiger partial charge < -0.3 is 10.1 Å². The highest BCUT2D eigenvalue weighted by molar-refractivity contribution is 7.90. The molecule has 1 N–H and O–H groups in total. The van der Waals surface area contributed by atoms with E-state index in [1.807, 2.05) is 0 Å². The Morgan fingerprint density at radius 3 is 2.71 bits per heavy atom. The first kappa shape index (κ1) is 20.5. The van der Waals surface area contributed by atoms with E-state index in [2.05, 4.69) is 17.1 Å². The Hall–Kier alpha value is -2.23. The van der Waals surface area contributed by atoms with Gasteiger partial charge in [-0.25, -0.2) is 13.2 Å². The van der Waals surface area contributed by atoms with Gasteiger partial charge in [-0.1, -0.05) is 13.0 Å². The first-order valence-electron chi connectivity index (χ1n) is 8.81. The van der Waals surface area contributed by atoms with Crippen molar-refractivity contribution in [1.29, 1.82) is 0 Å². The summed E-state index contributed by atoms with van der Waals surface area (Å²) in [5.41, 5.74) is 1.52. The average Bonchev–Trinajstić information content (AvgIpc) is 3.03. The summed E-state index contributed by atoms with van der Waals surface area (Å²) in [6, 6.07) is 5.82. The highest BCUT2D eigenvalue weighted by Crippen LogP contribution is 2.37. The van der Waals surface area contributed by atoms with Crippen LogP contribution in [0, 0.1) is 0 Å². The third kappa shape index (κ3) is 4.11. The van der Waals surface area contributed by atoms with Gasteiger partial charge in [0.2, 0.25) is 0 Å². The molecule has 3 rings (SSSR count). The number of anilines is 1. The first-order chi connectivity index (χ1) is 13.2. The second-order valence-corrected chi connectivity index (χ2v) is 9.69. The predicted molar refractivity (Wildman–Crippen MR) is 108 cm³/mol. The summed E-state index contributed by atoms with van der Waals surface area (Å²) in [7, 11) is -2.11. The van der Waals surface area contributed by atoms with Crippen LogP contribution in [0.3, 0.4) is 0 Å². The Morgan fingerprint density at radius 2 is 2.07 bits per heavy atom. The molecule has 1 amide bonds. The van der Waals surface area contributed by atoms with E-state index in [1.165, 1.54) is 42.7 Å². The number of carbonyl (C=O) groups is 2. The Kier molecular flexibility index (Phi) is 5.87. The number of nitrogens with one attached hydrogen (secondary N) is 1. The van der Waals surface area contributed by atoms with Crippen molar-refractivity contribution in [3.05, 3.63) is 45.8 Å². The Balaban J connectivity index is 1.95. The van der Waals surface area contributed by atoms with Gasteiger partial charge in [0.25, 0.3) is 5.91 Å². The Labute approximate surface area is 168 Å². The van der Waals surface area contributed by atoms with Crippen molar-refractivity contribution in [2.24, 2.45) is 0 Å². The van der Waals surface area contributed by atoms with Crippen molar-refractivity contribution in [3.8, 4) is 0 Å². The molecule has 0 fully saturated rings. The Bertz CT molecular complexity index is 1030. The van der Waals surface area contributed by atoms with Gasteiger partial charge in [-0.15, -0.1) is 11.3 Å². The SMILES string of the molecule is CCN1CCc2c(sc(NC(=O)c3cccc(S(C)(=O)=O)c3)c2C(=O)OC)C1. The molecule has 150 valence electrons. The van der Waals surface area contributed by atoms with Crippen molar-refractivity contribution in [1.82, 2.24) is 4.90 Å². The van der Waals surface area contributed by atoms with Crippen molar-refractivity contribution < 1.29 is 22.7 Å². The molecule has 2 aromatic rings. The standard InChI is InChI=1S/C19H22N2O5S2/c1-4-21-9-8-14-15(11-21)27-18(16(14)19(23)26-2)20-17(22)12-6-5-7-13(10-12)28(3,24)25/h5-7,10H,4,8-9,11H2,1-3H3,(H,20,22). The third-order valence-electron chi connectivity index (χ3n) is 4.72. The van der Waals surface area contributed by atoms with Crippen molar-refractivity contribution in [2.75, 3.05) is 31.8 Å². The van der Waals surface area contributed by atoms with E-state index in [0.29, 0.717) is 17.0 Å². The maximum absolute atomic E-state index is 12.7. The zero-order valence-corrected chi connectivity index (χ0v) is 17.6. The molecule has 28 heavy (non-hydrogen) atoms. The monoisotopic (exact) mass is 422 g/mol. The Morgan fingerprint density at radius 1 is 1.32 bits per heavy atom. The minimum atomic E-state index is -3.43. The maximum atomic E-state index is 12.7. The van der Waals surface area contributed by atoms with Crippen LogP contribution in [0.15, 0.2) is 29.2 Å². The second kappa shape index (κ2) is 8.02. The van der Waals surface area contributed by atoms with E-state index in [-0.39, 0.29) is 10.5 Å². The molecule has 0 spiro atoms. The second-order valence-electron chi connectivity index (χ2n) is 6.57. The summed E-state index contributed by atoms with van der Waals surface area (Å²) >= 11 is 1.36. The number of hydrogen-bond donors (Lipinski definition) is 1. The molecule has 0 aliphatic carbocycles. The molecule has 1 aliphatic heterocycles. The highest BCUT2D eigenvalue weighted by Gasteiger charge is 2.29. The molecular formula is C19H22N2O5S2.